The standard InChI is InChI=1S/C23H20F4N4O2/c1-15-2-9-21(29-28-15)30-10-12-31(13-11-30)22(32)16-3-5-17(6-4-16)33-18-7-8-19(20(24)14-18)23(25,26)27/h2-9,14H,10-13H2,1H3. The molecular formula is C23H20F4N4O2. The number of anilines is 1. The fraction of sp³-hybridized carbons (Fsp3) is 0.261. The zero-order valence-corrected chi connectivity index (χ0v) is 17.6. The summed E-state index contributed by atoms with van der Waals surface area (Å²) in [6.45, 7) is 4.18. The molecule has 1 amide bonds. The summed E-state index contributed by atoms with van der Waals surface area (Å²) < 4.78 is 57.2. The second kappa shape index (κ2) is 9.05. The number of hydrogen-bond acceptors (Lipinski definition) is 5. The number of hydrogen-bond donors (Lipinski definition) is 0. The Balaban J connectivity index is 1.36. The van der Waals surface area contributed by atoms with E-state index in [0.29, 0.717) is 43.9 Å². The van der Waals surface area contributed by atoms with Gasteiger partial charge in [0.2, 0.25) is 0 Å². The van der Waals surface area contributed by atoms with Gasteiger partial charge in [-0.3, -0.25) is 4.79 Å². The Morgan fingerprint density at radius 1 is 0.909 bits per heavy atom. The molecule has 10 heteroatoms. The molecule has 0 aliphatic carbocycles. The smallest absolute Gasteiger partial charge is 0.419 e. The van der Waals surface area contributed by atoms with E-state index in [9.17, 15) is 22.4 Å². The number of alkyl halides is 3. The molecule has 2 heterocycles. The average Bonchev–Trinajstić information content (AvgIpc) is 2.79. The van der Waals surface area contributed by atoms with E-state index in [4.69, 9.17) is 4.74 Å². The number of aryl methyl sites for hydroxylation is 1. The van der Waals surface area contributed by atoms with E-state index in [2.05, 4.69) is 15.1 Å². The van der Waals surface area contributed by atoms with E-state index < -0.39 is 17.6 Å². The lowest BCUT2D eigenvalue weighted by Gasteiger charge is -2.35. The summed E-state index contributed by atoms with van der Waals surface area (Å²) in [6.07, 6.45) is -4.77. The monoisotopic (exact) mass is 460 g/mol. The highest BCUT2D eigenvalue weighted by atomic mass is 19.4. The van der Waals surface area contributed by atoms with Gasteiger partial charge in [0.05, 0.1) is 11.3 Å². The topological polar surface area (TPSA) is 58.6 Å². The van der Waals surface area contributed by atoms with Gasteiger partial charge in [-0.1, -0.05) is 0 Å². The highest BCUT2D eigenvalue weighted by Crippen LogP contribution is 2.34. The van der Waals surface area contributed by atoms with Crippen LogP contribution < -0.4 is 9.64 Å². The van der Waals surface area contributed by atoms with Gasteiger partial charge in [0, 0.05) is 37.8 Å². The van der Waals surface area contributed by atoms with Crippen molar-refractivity contribution in [2.24, 2.45) is 0 Å². The number of piperazine rings is 1. The molecule has 3 aromatic rings. The Labute approximate surface area is 187 Å². The molecule has 33 heavy (non-hydrogen) atoms. The van der Waals surface area contributed by atoms with Gasteiger partial charge < -0.3 is 14.5 Å². The summed E-state index contributed by atoms with van der Waals surface area (Å²) in [7, 11) is 0. The zero-order chi connectivity index (χ0) is 23.6. The van der Waals surface area contributed by atoms with Crippen LogP contribution in [0.25, 0.3) is 0 Å². The first-order valence-corrected chi connectivity index (χ1v) is 10.2. The van der Waals surface area contributed by atoms with Gasteiger partial charge in [-0.2, -0.15) is 18.3 Å². The third kappa shape index (κ3) is 5.21. The lowest BCUT2D eigenvalue weighted by atomic mass is 10.1. The van der Waals surface area contributed by atoms with Crippen molar-refractivity contribution < 1.29 is 27.1 Å². The van der Waals surface area contributed by atoms with Gasteiger partial charge in [0.25, 0.3) is 5.91 Å². The summed E-state index contributed by atoms with van der Waals surface area (Å²) >= 11 is 0. The van der Waals surface area contributed by atoms with Crippen LogP contribution in [-0.2, 0) is 6.18 Å². The maximum Gasteiger partial charge on any atom is 0.419 e. The van der Waals surface area contributed by atoms with E-state index in [1.807, 2.05) is 19.1 Å². The third-order valence-corrected chi connectivity index (χ3v) is 5.26. The molecule has 2 aromatic carbocycles. The van der Waals surface area contributed by atoms with Crippen molar-refractivity contribution in [1.82, 2.24) is 15.1 Å². The van der Waals surface area contributed by atoms with E-state index >= 15 is 0 Å². The largest absolute Gasteiger partial charge is 0.457 e. The number of carbonyl (C=O) groups excluding carboxylic acids is 1. The van der Waals surface area contributed by atoms with Gasteiger partial charge in [-0.25, -0.2) is 4.39 Å². The predicted molar refractivity (Wildman–Crippen MR) is 113 cm³/mol. The molecule has 0 spiro atoms. The van der Waals surface area contributed by atoms with Crippen molar-refractivity contribution >= 4 is 11.7 Å². The van der Waals surface area contributed by atoms with E-state index in [1.165, 1.54) is 12.1 Å². The SMILES string of the molecule is Cc1ccc(N2CCN(C(=O)c3ccc(Oc4ccc(C(F)(F)F)c(F)c4)cc3)CC2)nn1. The summed E-state index contributed by atoms with van der Waals surface area (Å²) in [5, 5.41) is 8.23. The molecular weight excluding hydrogens is 440 g/mol. The third-order valence-electron chi connectivity index (χ3n) is 5.26. The molecule has 0 unspecified atom stereocenters. The molecule has 4 rings (SSSR count). The summed E-state index contributed by atoms with van der Waals surface area (Å²) in [4.78, 5) is 16.6. The van der Waals surface area contributed by atoms with Crippen molar-refractivity contribution in [1.29, 1.82) is 0 Å². The van der Waals surface area contributed by atoms with Crippen LogP contribution in [0, 0.1) is 12.7 Å². The molecule has 6 nitrogen and oxygen atoms in total. The number of benzene rings is 2. The number of rotatable bonds is 4. The summed E-state index contributed by atoms with van der Waals surface area (Å²) in [5.74, 6) is -0.586. The van der Waals surface area contributed by atoms with E-state index in [0.717, 1.165) is 17.6 Å². The summed E-state index contributed by atoms with van der Waals surface area (Å²) in [5.41, 5.74) is -0.0710. The predicted octanol–water partition coefficient (Wildman–Crippen LogP) is 4.70. The van der Waals surface area contributed by atoms with Gasteiger partial charge in [0.15, 0.2) is 5.82 Å². The molecule has 0 bridgehead atoms. The molecule has 1 aromatic heterocycles. The van der Waals surface area contributed by atoms with Gasteiger partial charge in [-0.15, -0.1) is 5.10 Å². The number of ether oxygens (including phenoxy) is 1. The molecule has 1 aliphatic rings. The van der Waals surface area contributed by atoms with Gasteiger partial charge >= 0.3 is 6.18 Å². The minimum absolute atomic E-state index is 0.0742. The maximum absolute atomic E-state index is 13.7. The second-order valence-electron chi connectivity index (χ2n) is 7.58. The fourth-order valence-corrected chi connectivity index (χ4v) is 3.47. The number of nitrogens with zero attached hydrogens (tertiary/aromatic N) is 4. The molecule has 0 atom stereocenters. The molecule has 0 saturated carbocycles. The van der Waals surface area contributed by atoms with Crippen LogP contribution >= 0.6 is 0 Å². The molecule has 1 aliphatic heterocycles. The Bertz CT molecular complexity index is 1130. The fourth-order valence-electron chi connectivity index (χ4n) is 3.47. The highest BCUT2D eigenvalue weighted by Gasteiger charge is 2.34. The van der Waals surface area contributed by atoms with E-state index in [-0.39, 0.29) is 17.4 Å². The van der Waals surface area contributed by atoms with Gasteiger partial charge in [0.1, 0.15) is 17.3 Å². The molecule has 1 saturated heterocycles. The minimum atomic E-state index is -4.77. The Hall–Kier alpha value is -3.69. The van der Waals surface area contributed by atoms with Crippen molar-refractivity contribution in [2.75, 3.05) is 31.1 Å². The Morgan fingerprint density at radius 3 is 2.15 bits per heavy atom. The first kappa shape index (κ1) is 22.5. The van der Waals surface area contributed by atoms with Gasteiger partial charge in [-0.05, 0) is 55.5 Å². The van der Waals surface area contributed by atoms with Crippen molar-refractivity contribution in [3.63, 3.8) is 0 Å². The average molecular weight is 460 g/mol. The van der Waals surface area contributed by atoms with Crippen LogP contribution in [0.2, 0.25) is 0 Å². The lowest BCUT2D eigenvalue weighted by Crippen LogP contribution is -2.49. The number of halogens is 4. The summed E-state index contributed by atoms with van der Waals surface area (Å²) in [6, 6.07) is 12.3. The molecule has 0 radical (unpaired) electrons. The molecule has 0 N–H and O–H groups in total. The van der Waals surface area contributed by atoms with Crippen LogP contribution in [0.3, 0.4) is 0 Å². The van der Waals surface area contributed by atoms with Crippen molar-refractivity contribution in [3.8, 4) is 11.5 Å². The molecule has 172 valence electrons. The van der Waals surface area contributed by atoms with Crippen LogP contribution in [0.1, 0.15) is 21.6 Å². The van der Waals surface area contributed by atoms with E-state index in [1.54, 1.807) is 17.0 Å². The van der Waals surface area contributed by atoms with Crippen molar-refractivity contribution in [2.45, 2.75) is 13.1 Å². The number of carbonyl (C=O) groups is 1. The Morgan fingerprint density at radius 2 is 1.58 bits per heavy atom. The highest BCUT2D eigenvalue weighted by molar-refractivity contribution is 5.94. The van der Waals surface area contributed by atoms with Crippen LogP contribution in [0.5, 0.6) is 11.5 Å². The number of aromatic nitrogens is 2. The minimum Gasteiger partial charge on any atom is -0.457 e. The Kier molecular flexibility index (Phi) is 6.17. The van der Waals surface area contributed by atoms with Crippen LogP contribution in [0.15, 0.2) is 54.6 Å². The quantitative estimate of drug-likeness (QED) is 0.529. The maximum atomic E-state index is 13.7. The number of amides is 1. The molecule has 1 fully saturated rings. The normalized spacial score (nSPS) is 14.3. The van der Waals surface area contributed by atoms with Crippen molar-refractivity contribution in [3.05, 3.63) is 77.2 Å². The first-order chi connectivity index (χ1) is 15.7. The second-order valence-corrected chi connectivity index (χ2v) is 7.58. The van der Waals surface area contributed by atoms with Crippen LogP contribution in [-0.4, -0.2) is 47.2 Å². The first-order valence-electron chi connectivity index (χ1n) is 10.2. The van der Waals surface area contributed by atoms with Crippen LogP contribution in [0.4, 0.5) is 23.4 Å². The lowest BCUT2D eigenvalue weighted by molar-refractivity contribution is -0.140. The zero-order valence-electron chi connectivity index (χ0n) is 17.6.